The van der Waals surface area contributed by atoms with Crippen molar-refractivity contribution in [3.63, 3.8) is 0 Å². The van der Waals surface area contributed by atoms with Crippen LogP contribution in [0.25, 0.3) is 0 Å². The molecular weight excluding hydrogens is 148 g/mol. The summed E-state index contributed by atoms with van der Waals surface area (Å²) in [5.74, 6) is 1.18. The Morgan fingerprint density at radius 3 is 2.33 bits per heavy atom. The van der Waals surface area contributed by atoms with Gasteiger partial charge >= 0.3 is 0 Å². The van der Waals surface area contributed by atoms with E-state index in [2.05, 4.69) is 44.2 Å². The van der Waals surface area contributed by atoms with E-state index >= 15 is 0 Å². The van der Waals surface area contributed by atoms with E-state index in [-0.39, 0.29) is 5.54 Å². The van der Waals surface area contributed by atoms with Crippen LogP contribution in [0, 0.1) is 6.92 Å². The number of aryl methyl sites for hydroxylation is 2. The Labute approximate surface area is 74.6 Å². The van der Waals surface area contributed by atoms with E-state index in [1.165, 1.54) is 11.5 Å². The lowest BCUT2D eigenvalue weighted by molar-refractivity contribution is 0.376. The fourth-order valence-electron chi connectivity index (χ4n) is 1.65. The first-order valence-electron chi connectivity index (χ1n) is 4.50. The van der Waals surface area contributed by atoms with Crippen molar-refractivity contribution in [1.29, 1.82) is 0 Å². The van der Waals surface area contributed by atoms with E-state index in [0.29, 0.717) is 0 Å². The summed E-state index contributed by atoms with van der Waals surface area (Å²) in [7, 11) is 0. The average molecular weight is 166 g/mol. The molecule has 12 heavy (non-hydrogen) atoms. The standard InChI is InChI=1S/C10H18N2/c1-6-9-11-7-8(2)12(9)10(3,4)5/h7H,6H2,1-5H3. The fraction of sp³-hybridized carbons (Fsp3) is 0.700. The highest BCUT2D eigenvalue weighted by molar-refractivity contribution is 5.07. The van der Waals surface area contributed by atoms with Gasteiger partial charge in [0, 0.05) is 23.9 Å². The number of hydrogen-bond donors (Lipinski definition) is 0. The van der Waals surface area contributed by atoms with E-state index in [0.717, 1.165) is 6.42 Å². The molecule has 0 aliphatic heterocycles. The highest BCUT2D eigenvalue weighted by Gasteiger charge is 2.17. The third kappa shape index (κ3) is 1.52. The first-order chi connectivity index (χ1) is 5.46. The maximum absolute atomic E-state index is 4.36. The molecule has 0 saturated carbocycles. The van der Waals surface area contributed by atoms with E-state index in [1.807, 2.05) is 6.20 Å². The Bertz CT molecular complexity index is 266. The molecule has 0 aliphatic rings. The number of rotatable bonds is 1. The monoisotopic (exact) mass is 166 g/mol. The van der Waals surface area contributed by atoms with Gasteiger partial charge in [-0.1, -0.05) is 6.92 Å². The normalized spacial score (nSPS) is 12.1. The molecule has 1 rings (SSSR count). The molecular formula is C10H18N2. The minimum absolute atomic E-state index is 0.159. The average Bonchev–Trinajstić information content (AvgIpc) is 2.29. The maximum atomic E-state index is 4.36. The zero-order chi connectivity index (χ0) is 9.35. The molecule has 0 atom stereocenters. The van der Waals surface area contributed by atoms with Crippen molar-refractivity contribution in [3.05, 3.63) is 17.7 Å². The summed E-state index contributed by atoms with van der Waals surface area (Å²) in [5.41, 5.74) is 1.41. The molecule has 0 spiro atoms. The molecule has 2 heteroatoms. The van der Waals surface area contributed by atoms with Crippen LogP contribution >= 0.6 is 0 Å². The lowest BCUT2D eigenvalue weighted by atomic mass is 10.1. The van der Waals surface area contributed by atoms with Crippen molar-refractivity contribution in [2.24, 2.45) is 0 Å². The van der Waals surface area contributed by atoms with Crippen LogP contribution in [-0.2, 0) is 12.0 Å². The van der Waals surface area contributed by atoms with E-state index < -0.39 is 0 Å². The van der Waals surface area contributed by atoms with Gasteiger partial charge in [0.25, 0.3) is 0 Å². The largest absolute Gasteiger partial charge is 0.327 e. The number of imidazole rings is 1. The molecule has 0 amide bonds. The van der Waals surface area contributed by atoms with Gasteiger partial charge in [0.15, 0.2) is 0 Å². The molecule has 0 fully saturated rings. The van der Waals surface area contributed by atoms with Gasteiger partial charge < -0.3 is 4.57 Å². The molecule has 1 heterocycles. The summed E-state index contributed by atoms with van der Waals surface area (Å²) in [6, 6.07) is 0. The molecule has 0 aromatic carbocycles. The summed E-state index contributed by atoms with van der Waals surface area (Å²) >= 11 is 0. The van der Waals surface area contributed by atoms with E-state index in [1.54, 1.807) is 0 Å². The molecule has 0 unspecified atom stereocenters. The topological polar surface area (TPSA) is 17.8 Å². The molecule has 1 aromatic heterocycles. The molecule has 0 saturated heterocycles. The van der Waals surface area contributed by atoms with Crippen LogP contribution in [0.2, 0.25) is 0 Å². The zero-order valence-electron chi connectivity index (χ0n) is 8.68. The molecule has 0 N–H and O–H groups in total. The fourth-order valence-corrected chi connectivity index (χ4v) is 1.65. The van der Waals surface area contributed by atoms with Crippen LogP contribution in [0.4, 0.5) is 0 Å². The molecule has 0 aliphatic carbocycles. The zero-order valence-corrected chi connectivity index (χ0v) is 8.68. The highest BCUT2D eigenvalue weighted by atomic mass is 15.1. The smallest absolute Gasteiger partial charge is 0.109 e. The van der Waals surface area contributed by atoms with Crippen LogP contribution < -0.4 is 0 Å². The van der Waals surface area contributed by atoms with Crippen LogP contribution in [0.15, 0.2) is 6.20 Å². The third-order valence-electron chi connectivity index (χ3n) is 2.00. The van der Waals surface area contributed by atoms with Crippen LogP contribution in [-0.4, -0.2) is 9.55 Å². The van der Waals surface area contributed by atoms with Gasteiger partial charge in [0.05, 0.1) is 0 Å². The van der Waals surface area contributed by atoms with Gasteiger partial charge in [-0.3, -0.25) is 0 Å². The van der Waals surface area contributed by atoms with Crippen LogP contribution in [0.1, 0.15) is 39.2 Å². The second-order valence-electron chi connectivity index (χ2n) is 4.18. The van der Waals surface area contributed by atoms with Crippen LogP contribution in [0.5, 0.6) is 0 Å². The van der Waals surface area contributed by atoms with Crippen molar-refractivity contribution in [2.45, 2.75) is 46.6 Å². The number of hydrogen-bond acceptors (Lipinski definition) is 1. The van der Waals surface area contributed by atoms with Gasteiger partial charge in [-0.05, 0) is 27.7 Å². The molecule has 0 radical (unpaired) electrons. The third-order valence-corrected chi connectivity index (χ3v) is 2.00. The highest BCUT2D eigenvalue weighted by Crippen LogP contribution is 2.19. The Morgan fingerprint density at radius 2 is 2.00 bits per heavy atom. The molecule has 68 valence electrons. The predicted octanol–water partition coefficient (Wildman–Crippen LogP) is 2.51. The minimum Gasteiger partial charge on any atom is -0.327 e. The summed E-state index contributed by atoms with van der Waals surface area (Å²) in [6.45, 7) is 10.9. The molecule has 0 bridgehead atoms. The quantitative estimate of drug-likeness (QED) is 0.626. The predicted molar refractivity (Wildman–Crippen MR) is 51.3 cm³/mol. The van der Waals surface area contributed by atoms with Gasteiger partial charge in [0.2, 0.25) is 0 Å². The second-order valence-corrected chi connectivity index (χ2v) is 4.18. The van der Waals surface area contributed by atoms with Crippen molar-refractivity contribution in [2.75, 3.05) is 0 Å². The summed E-state index contributed by atoms with van der Waals surface area (Å²) in [6.07, 6.45) is 2.95. The SMILES string of the molecule is CCc1ncc(C)n1C(C)(C)C. The van der Waals surface area contributed by atoms with Gasteiger partial charge in [0.1, 0.15) is 5.82 Å². The summed E-state index contributed by atoms with van der Waals surface area (Å²) < 4.78 is 2.30. The lowest BCUT2D eigenvalue weighted by Gasteiger charge is -2.25. The van der Waals surface area contributed by atoms with Crippen molar-refractivity contribution < 1.29 is 0 Å². The van der Waals surface area contributed by atoms with Crippen molar-refractivity contribution >= 4 is 0 Å². The minimum atomic E-state index is 0.159. The summed E-state index contributed by atoms with van der Waals surface area (Å²) in [4.78, 5) is 4.36. The van der Waals surface area contributed by atoms with Gasteiger partial charge in [-0.15, -0.1) is 0 Å². The number of aromatic nitrogens is 2. The second kappa shape index (κ2) is 2.92. The first-order valence-corrected chi connectivity index (χ1v) is 4.50. The van der Waals surface area contributed by atoms with Crippen molar-refractivity contribution in [3.8, 4) is 0 Å². The molecule has 1 aromatic rings. The molecule has 2 nitrogen and oxygen atoms in total. The Kier molecular flexibility index (Phi) is 2.27. The maximum Gasteiger partial charge on any atom is 0.109 e. The van der Waals surface area contributed by atoms with Gasteiger partial charge in [-0.25, -0.2) is 4.98 Å². The Balaban J connectivity index is 3.19. The van der Waals surface area contributed by atoms with Crippen LogP contribution in [0.3, 0.4) is 0 Å². The summed E-state index contributed by atoms with van der Waals surface area (Å²) in [5, 5.41) is 0. The van der Waals surface area contributed by atoms with Gasteiger partial charge in [-0.2, -0.15) is 0 Å². The first kappa shape index (κ1) is 9.30. The van der Waals surface area contributed by atoms with E-state index in [4.69, 9.17) is 0 Å². The Morgan fingerprint density at radius 1 is 1.42 bits per heavy atom. The number of nitrogens with zero attached hydrogens (tertiary/aromatic N) is 2. The van der Waals surface area contributed by atoms with Crippen molar-refractivity contribution in [1.82, 2.24) is 9.55 Å². The van der Waals surface area contributed by atoms with E-state index in [9.17, 15) is 0 Å². The lowest BCUT2D eigenvalue weighted by Crippen LogP contribution is -2.25. The Hall–Kier alpha value is -0.790.